The van der Waals surface area contributed by atoms with Crippen molar-refractivity contribution in [3.8, 4) is 0 Å². The molecule has 36 heavy (non-hydrogen) atoms. The molecular weight excluding hydrogens is 440 g/mol. The summed E-state index contributed by atoms with van der Waals surface area (Å²) in [6.07, 6.45) is 31.0. The smallest absolute Gasteiger partial charge is 0.312 e. The Bertz CT molecular complexity index is 446. The van der Waals surface area contributed by atoms with Gasteiger partial charge < -0.3 is 4.74 Å². The van der Waals surface area contributed by atoms with E-state index >= 15 is 0 Å². The fourth-order valence-corrected chi connectivity index (χ4v) is 5.98. The Morgan fingerprint density at radius 1 is 0.500 bits per heavy atom. The molecule has 1 unspecified atom stereocenters. The number of esters is 1. The van der Waals surface area contributed by atoms with Crippen molar-refractivity contribution >= 4 is 5.97 Å². The first-order valence-electron chi connectivity index (χ1n) is 16.8. The third-order valence-corrected chi connectivity index (χ3v) is 8.43. The lowest BCUT2D eigenvalue weighted by atomic mass is 9.65. The first kappa shape index (κ1) is 35.5. The van der Waals surface area contributed by atoms with Crippen LogP contribution in [0.5, 0.6) is 0 Å². The number of carbonyl (C=O) groups is 1. The van der Waals surface area contributed by atoms with Crippen LogP contribution >= 0.6 is 0 Å². The molecule has 0 aromatic heterocycles. The Morgan fingerprint density at radius 2 is 0.861 bits per heavy atom. The van der Waals surface area contributed by atoms with Gasteiger partial charge in [-0.3, -0.25) is 4.79 Å². The molecule has 0 aliphatic carbocycles. The van der Waals surface area contributed by atoms with Crippen LogP contribution in [0.1, 0.15) is 195 Å². The van der Waals surface area contributed by atoms with Crippen LogP contribution in [0.25, 0.3) is 0 Å². The molecule has 1 atom stereocenters. The molecule has 0 heterocycles. The highest BCUT2D eigenvalue weighted by atomic mass is 16.5. The SMILES string of the molecule is CCCCCCCC(CCCCCC)C(CCCCCC)(CCCCCC)C(=O)OCCCCCC. The van der Waals surface area contributed by atoms with Crippen LogP contribution < -0.4 is 0 Å². The summed E-state index contributed by atoms with van der Waals surface area (Å²) < 4.78 is 6.18. The molecule has 0 saturated carbocycles. The van der Waals surface area contributed by atoms with Gasteiger partial charge in [0.15, 0.2) is 0 Å². The molecule has 0 aromatic rings. The highest BCUT2D eigenvalue weighted by Gasteiger charge is 2.45. The van der Waals surface area contributed by atoms with Gasteiger partial charge in [0, 0.05) is 0 Å². The van der Waals surface area contributed by atoms with Crippen LogP contribution in [0.4, 0.5) is 0 Å². The lowest BCUT2D eigenvalue weighted by molar-refractivity contribution is -0.162. The maximum absolute atomic E-state index is 14.1. The molecule has 0 aromatic carbocycles. The second kappa shape index (κ2) is 26.1. The van der Waals surface area contributed by atoms with Crippen molar-refractivity contribution in [2.75, 3.05) is 6.61 Å². The Balaban J connectivity index is 5.72. The van der Waals surface area contributed by atoms with Gasteiger partial charge in [0.1, 0.15) is 0 Å². The quantitative estimate of drug-likeness (QED) is 0.0775. The molecule has 0 fully saturated rings. The Kier molecular flexibility index (Phi) is 25.7. The van der Waals surface area contributed by atoms with Crippen molar-refractivity contribution in [2.45, 2.75) is 195 Å². The number of hydrogen-bond donors (Lipinski definition) is 0. The fourth-order valence-electron chi connectivity index (χ4n) is 5.98. The maximum atomic E-state index is 14.1. The second-order valence-corrected chi connectivity index (χ2v) is 11.7. The van der Waals surface area contributed by atoms with Gasteiger partial charge in [-0.15, -0.1) is 0 Å². The summed E-state index contributed by atoms with van der Waals surface area (Å²) in [5.41, 5.74) is -0.247. The number of hydrogen-bond acceptors (Lipinski definition) is 2. The summed E-state index contributed by atoms with van der Waals surface area (Å²) in [4.78, 5) is 14.1. The lowest BCUT2D eigenvalue weighted by Gasteiger charge is -2.40. The summed E-state index contributed by atoms with van der Waals surface area (Å²) in [7, 11) is 0. The van der Waals surface area contributed by atoms with E-state index in [0.717, 1.165) is 19.3 Å². The predicted octanol–water partition coefficient (Wildman–Crippen LogP) is 12.0. The molecular formula is C34H68O2. The van der Waals surface area contributed by atoms with E-state index in [0.29, 0.717) is 12.5 Å². The Morgan fingerprint density at radius 3 is 1.31 bits per heavy atom. The largest absolute Gasteiger partial charge is 0.465 e. The second-order valence-electron chi connectivity index (χ2n) is 11.7. The fraction of sp³-hybridized carbons (Fsp3) is 0.971. The van der Waals surface area contributed by atoms with Crippen molar-refractivity contribution in [1.29, 1.82) is 0 Å². The molecule has 0 radical (unpaired) electrons. The predicted molar refractivity (Wildman–Crippen MR) is 161 cm³/mol. The average Bonchev–Trinajstić information content (AvgIpc) is 2.89. The number of ether oxygens (including phenoxy) is 1. The van der Waals surface area contributed by atoms with Crippen LogP contribution in [0, 0.1) is 11.3 Å². The van der Waals surface area contributed by atoms with Gasteiger partial charge in [0.25, 0.3) is 0 Å². The molecule has 0 saturated heterocycles. The van der Waals surface area contributed by atoms with Gasteiger partial charge in [-0.25, -0.2) is 0 Å². The zero-order valence-electron chi connectivity index (χ0n) is 25.8. The van der Waals surface area contributed by atoms with Crippen LogP contribution in [-0.4, -0.2) is 12.6 Å². The van der Waals surface area contributed by atoms with Crippen molar-refractivity contribution in [2.24, 2.45) is 11.3 Å². The zero-order valence-corrected chi connectivity index (χ0v) is 25.8. The lowest BCUT2D eigenvalue weighted by Crippen LogP contribution is -2.41. The van der Waals surface area contributed by atoms with E-state index in [4.69, 9.17) is 4.74 Å². The topological polar surface area (TPSA) is 26.3 Å². The number of rotatable bonds is 28. The van der Waals surface area contributed by atoms with Crippen molar-refractivity contribution in [3.05, 3.63) is 0 Å². The van der Waals surface area contributed by atoms with Crippen LogP contribution in [0.3, 0.4) is 0 Å². The van der Waals surface area contributed by atoms with Gasteiger partial charge in [0.2, 0.25) is 0 Å². The van der Waals surface area contributed by atoms with Gasteiger partial charge in [-0.2, -0.15) is 0 Å². The van der Waals surface area contributed by atoms with E-state index < -0.39 is 0 Å². The molecule has 0 spiro atoms. The summed E-state index contributed by atoms with van der Waals surface area (Å²) >= 11 is 0. The molecule has 0 aliphatic rings. The third kappa shape index (κ3) is 17.1. The average molecular weight is 509 g/mol. The van der Waals surface area contributed by atoms with Gasteiger partial charge >= 0.3 is 5.97 Å². The molecule has 216 valence electrons. The van der Waals surface area contributed by atoms with Crippen LogP contribution in [0.15, 0.2) is 0 Å². The minimum Gasteiger partial charge on any atom is -0.465 e. The molecule has 0 rings (SSSR count). The summed E-state index contributed by atoms with van der Waals surface area (Å²) in [6.45, 7) is 12.0. The van der Waals surface area contributed by atoms with E-state index in [9.17, 15) is 4.79 Å². The van der Waals surface area contributed by atoms with Crippen molar-refractivity contribution < 1.29 is 9.53 Å². The molecule has 0 aliphatic heterocycles. The van der Waals surface area contributed by atoms with Gasteiger partial charge in [-0.05, 0) is 38.0 Å². The zero-order chi connectivity index (χ0) is 26.7. The first-order valence-corrected chi connectivity index (χ1v) is 16.8. The summed E-state index contributed by atoms with van der Waals surface area (Å²) in [5, 5.41) is 0. The molecule has 0 N–H and O–H groups in total. The highest BCUT2D eigenvalue weighted by molar-refractivity contribution is 5.77. The molecule has 0 amide bonds. The molecule has 2 nitrogen and oxygen atoms in total. The minimum absolute atomic E-state index is 0.182. The standard InChI is InChI=1S/C34H68O2/c1-6-11-16-21-23-28-32(27-22-17-12-7-2)34(29-24-18-13-8-3,30-25-19-14-9-4)33(35)36-31-26-20-15-10-5/h32H,6-31H2,1-5H3. The van der Waals surface area contributed by atoms with Crippen LogP contribution in [0.2, 0.25) is 0 Å². The summed E-state index contributed by atoms with van der Waals surface area (Å²) in [5.74, 6) is 0.684. The van der Waals surface area contributed by atoms with E-state index in [1.807, 2.05) is 0 Å². The van der Waals surface area contributed by atoms with Gasteiger partial charge in [0.05, 0.1) is 12.0 Å². The van der Waals surface area contributed by atoms with E-state index in [1.165, 1.54) is 141 Å². The minimum atomic E-state index is -0.247. The Hall–Kier alpha value is -0.530. The Labute approximate surface area is 228 Å². The maximum Gasteiger partial charge on any atom is 0.312 e. The van der Waals surface area contributed by atoms with Gasteiger partial charge in [-0.1, -0.05) is 163 Å². The molecule has 2 heteroatoms. The van der Waals surface area contributed by atoms with Crippen molar-refractivity contribution in [3.63, 3.8) is 0 Å². The number of carbonyl (C=O) groups excluding carboxylic acids is 1. The molecule has 0 bridgehead atoms. The van der Waals surface area contributed by atoms with E-state index in [2.05, 4.69) is 34.6 Å². The normalized spacial score (nSPS) is 12.7. The first-order chi connectivity index (χ1) is 17.6. The summed E-state index contributed by atoms with van der Waals surface area (Å²) in [6, 6.07) is 0. The highest BCUT2D eigenvalue weighted by Crippen LogP contribution is 2.45. The van der Waals surface area contributed by atoms with E-state index in [-0.39, 0.29) is 11.4 Å². The van der Waals surface area contributed by atoms with Crippen LogP contribution in [-0.2, 0) is 9.53 Å². The number of unbranched alkanes of at least 4 members (excludes halogenated alkanes) is 16. The van der Waals surface area contributed by atoms with Crippen molar-refractivity contribution in [1.82, 2.24) is 0 Å². The monoisotopic (exact) mass is 509 g/mol. The third-order valence-electron chi connectivity index (χ3n) is 8.43. The van der Waals surface area contributed by atoms with E-state index in [1.54, 1.807) is 0 Å².